The summed E-state index contributed by atoms with van der Waals surface area (Å²) in [6, 6.07) is 14.4. The summed E-state index contributed by atoms with van der Waals surface area (Å²) in [5.74, 6) is 1.20. The van der Waals surface area contributed by atoms with Crippen LogP contribution in [0.3, 0.4) is 0 Å². The topological polar surface area (TPSA) is 76.4 Å². The fraction of sp³-hybridized carbons (Fsp3) is 0.300. The Balaban J connectivity index is 1.77. The van der Waals surface area contributed by atoms with Crippen LogP contribution in [0.25, 0.3) is 11.0 Å². The number of hydrogen-bond acceptors (Lipinski definition) is 4. The van der Waals surface area contributed by atoms with Gasteiger partial charge in [0, 0.05) is 11.9 Å². The molecule has 0 unspecified atom stereocenters. The van der Waals surface area contributed by atoms with Gasteiger partial charge in [-0.15, -0.1) is 0 Å². The number of benzene rings is 2. The van der Waals surface area contributed by atoms with Gasteiger partial charge in [0.05, 0.1) is 23.6 Å². The zero-order chi connectivity index (χ0) is 19.4. The number of para-hydroxylation sites is 2. The monoisotopic (exact) mass is 387 g/mol. The maximum absolute atomic E-state index is 11.4. The highest BCUT2D eigenvalue weighted by molar-refractivity contribution is 6.30. The molecule has 142 valence electrons. The van der Waals surface area contributed by atoms with E-state index in [2.05, 4.69) is 10.3 Å². The van der Waals surface area contributed by atoms with Crippen molar-refractivity contribution in [3.05, 3.63) is 59.4 Å². The second-order valence-electron chi connectivity index (χ2n) is 6.41. The largest absolute Gasteiger partial charge is 0.491 e. The van der Waals surface area contributed by atoms with Crippen LogP contribution in [0.2, 0.25) is 5.02 Å². The number of nitrogens with one attached hydrogen (secondary N) is 1. The Labute approximate surface area is 162 Å². The van der Waals surface area contributed by atoms with Crippen LogP contribution >= 0.6 is 11.6 Å². The van der Waals surface area contributed by atoms with Crippen LogP contribution in [0.1, 0.15) is 25.7 Å². The van der Waals surface area contributed by atoms with E-state index in [4.69, 9.17) is 16.3 Å². The summed E-state index contributed by atoms with van der Waals surface area (Å²) in [5.41, 5.74) is 1.71. The van der Waals surface area contributed by atoms with Crippen LogP contribution in [0.5, 0.6) is 5.75 Å². The summed E-state index contributed by atoms with van der Waals surface area (Å²) in [5, 5.41) is 14.0. The molecule has 2 atom stereocenters. The Kier molecular flexibility index (Phi) is 5.98. The Hall–Kier alpha value is -2.57. The van der Waals surface area contributed by atoms with Gasteiger partial charge in [-0.25, -0.2) is 4.98 Å². The normalized spacial score (nSPS) is 13.3. The van der Waals surface area contributed by atoms with Crippen LogP contribution in [0.4, 0.5) is 0 Å². The number of fused-ring (bicyclic) bond motifs is 1. The maximum Gasteiger partial charge on any atom is 0.217 e. The summed E-state index contributed by atoms with van der Waals surface area (Å²) >= 11 is 5.86. The Morgan fingerprint density at radius 3 is 2.67 bits per heavy atom. The van der Waals surface area contributed by atoms with E-state index in [1.807, 2.05) is 35.8 Å². The van der Waals surface area contributed by atoms with E-state index in [0.29, 0.717) is 23.1 Å². The molecule has 0 saturated heterocycles. The first-order valence-electron chi connectivity index (χ1n) is 8.72. The summed E-state index contributed by atoms with van der Waals surface area (Å²) < 4.78 is 7.56. The minimum Gasteiger partial charge on any atom is -0.491 e. The lowest BCUT2D eigenvalue weighted by molar-refractivity contribution is -0.119. The first kappa shape index (κ1) is 19.2. The van der Waals surface area contributed by atoms with Crippen LogP contribution in [0.15, 0.2) is 48.5 Å². The molecule has 0 aliphatic carbocycles. The first-order chi connectivity index (χ1) is 12.9. The molecule has 2 N–H and O–H groups in total. The molecule has 3 aromatic rings. The summed E-state index contributed by atoms with van der Waals surface area (Å²) in [7, 11) is 0. The average Bonchev–Trinajstić information content (AvgIpc) is 2.99. The molecule has 0 fully saturated rings. The third-order valence-corrected chi connectivity index (χ3v) is 4.39. The van der Waals surface area contributed by atoms with Crippen LogP contribution < -0.4 is 10.1 Å². The Morgan fingerprint density at radius 2 is 1.96 bits per heavy atom. The second-order valence-corrected chi connectivity index (χ2v) is 6.85. The molecule has 27 heavy (non-hydrogen) atoms. The lowest BCUT2D eigenvalue weighted by Gasteiger charge is -2.18. The number of hydrogen-bond donors (Lipinski definition) is 2. The fourth-order valence-electron chi connectivity index (χ4n) is 2.97. The predicted octanol–water partition coefficient (Wildman–Crippen LogP) is 3.33. The minimum atomic E-state index is -0.749. The molecule has 2 aromatic carbocycles. The maximum atomic E-state index is 11.4. The number of carbonyl (C=O) groups excluding carboxylic acids is 1. The highest BCUT2D eigenvalue weighted by Crippen LogP contribution is 2.22. The molecular formula is C20H22ClN3O3. The summed E-state index contributed by atoms with van der Waals surface area (Å²) in [6.45, 7) is 3.77. The molecule has 1 amide bonds. The standard InChI is InChI=1S/C20H22ClN3O3/c1-13(22-14(2)25)20-23-18-5-3-4-6-19(18)24(20)11-16(26)12-27-17-9-7-15(21)8-10-17/h3-10,13,16,26H,11-12H2,1-2H3,(H,22,25)/t13-,16+/m1/s1. The molecule has 0 spiro atoms. The van der Waals surface area contributed by atoms with Crippen LogP contribution in [-0.2, 0) is 11.3 Å². The highest BCUT2D eigenvalue weighted by Gasteiger charge is 2.19. The van der Waals surface area contributed by atoms with Gasteiger partial charge < -0.3 is 19.7 Å². The SMILES string of the molecule is CC(=O)N[C@H](C)c1nc2ccccc2n1C[C@H](O)COc1ccc(Cl)cc1. The molecule has 7 heteroatoms. The number of ether oxygens (including phenoxy) is 1. The van der Waals surface area contributed by atoms with Gasteiger partial charge in [-0.05, 0) is 43.3 Å². The molecule has 0 saturated carbocycles. The smallest absolute Gasteiger partial charge is 0.217 e. The van der Waals surface area contributed by atoms with E-state index in [9.17, 15) is 9.90 Å². The number of nitrogens with zero attached hydrogens (tertiary/aromatic N) is 2. The molecule has 3 rings (SSSR count). The number of aromatic nitrogens is 2. The van der Waals surface area contributed by atoms with Crippen molar-refractivity contribution in [3.63, 3.8) is 0 Å². The van der Waals surface area contributed by atoms with Crippen molar-refractivity contribution in [3.8, 4) is 5.75 Å². The molecular weight excluding hydrogens is 366 g/mol. The van der Waals surface area contributed by atoms with Crippen LogP contribution in [0, 0.1) is 0 Å². The van der Waals surface area contributed by atoms with E-state index in [1.54, 1.807) is 24.3 Å². The van der Waals surface area contributed by atoms with Gasteiger partial charge in [-0.3, -0.25) is 4.79 Å². The lowest BCUT2D eigenvalue weighted by atomic mass is 10.2. The lowest BCUT2D eigenvalue weighted by Crippen LogP contribution is -2.29. The minimum absolute atomic E-state index is 0.127. The Morgan fingerprint density at radius 1 is 1.26 bits per heavy atom. The van der Waals surface area contributed by atoms with Crippen molar-refractivity contribution in [2.24, 2.45) is 0 Å². The summed E-state index contributed by atoms with van der Waals surface area (Å²) in [4.78, 5) is 16.1. The third kappa shape index (κ3) is 4.78. The number of imidazole rings is 1. The van der Waals surface area contributed by atoms with E-state index >= 15 is 0 Å². The van der Waals surface area contributed by atoms with E-state index in [0.717, 1.165) is 11.0 Å². The molecule has 0 radical (unpaired) electrons. The van der Waals surface area contributed by atoms with E-state index in [1.165, 1.54) is 6.92 Å². The zero-order valence-electron chi connectivity index (χ0n) is 15.2. The number of carbonyl (C=O) groups is 1. The molecule has 6 nitrogen and oxygen atoms in total. The van der Waals surface area contributed by atoms with Gasteiger partial charge in [0.1, 0.15) is 24.3 Å². The molecule has 0 bridgehead atoms. The van der Waals surface area contributed by atoms with Gasteiger partial charge >= 0.3 is 0 Å². The number of aliphatic hydroxyl groups is 1. The molecule has 0 aliphatic rings. The van der Waals surface area contributed by atoms with Crippen molar-refractivity contribution < 1.29 is 14.6 Å². The van der Waals surface area contributed by atoms with E-state index in [-0.39, 0.29) is 18.6 Å². The zero-order valence-corrected chi connectivity index (χ0v) is 16.0. The predicted molar refractivity (Wildman–Crippen MR) is 105 cm³/mol. The van der Waals surface area contributed by atoms with Crippen molar-refractivity contribution in [1.82, 2.24) is 14.9 Å². The number of aliphatic hydroxyl groups excluding tert-OH is 1. The van der Waals surface area contributed by atoms with Crippen molar-refractivity contribution >= 4 is 28.5 Å². The molecule has 0 aliphatic heterocycles. The number of halogens is 1. The fourth-order valence-corrected chi connectivity index (χ4v) is 3.10. The van der Waals surface area contributed by atoms with Crippen molar-refractivity contribution in [2.75, 3.05) is 6.61 Å². The van der Waals surface area contributed by atoms with Gasteiger partial charge in [0.2, 0.25) is 5.91 Å². The van der Waals surface area contributed by atoms with Gasteiger partial charge in [0.25, 0.3) is 0 Å². The molecule has 1 aromatic heterocycles. The summed E-state index contributed by atoms with van der Waals surface area (Å²) in [6.07, 6.45) is -0.749. The van der Waals surface area contributed by atoms with Gasteiger partial charge in [0.15, 0.2) is 0 Å². The average molecular weight is 388 g/mol. The van der Waals surface area contributed by atoms with Crippen molar-refractivity contribution in [2.45, 2.75) is 32.5 Å². The second kappa shape index (κ2) is 8.41. The first-order valence-corrected chi connectivity index (χ1v) is 9.10. The number of amides is 1. The number of rotatable bonds is 7. The quantitative estimate of drug-likeness (QED) is 0.652. The van der Waals surface area contributed by atoms with Crippen LogP contribution in [-0.4, -0.2) is 33.3 Å². The highest BCUT2D eigenvalue weighted by atomic mass is 35.5. The van der Waals surface area contributed by atoms with Gasteiger partial charge in [-0.2, -0.15) is 0 Å². The van der Waals surface area contributed by atoms with Gasteiger partial charge in [-0.1, -0.05) is 23.7 Å². The molecule has 1 heterocycles. The third-order valence-electron chi connectivity index (χ3n) is 4.14. The van der Waals surface area contributed by atoms with Crippen molar-refractivity contribution in [1.29, 1.82) is 0 Å². The Bertz CT molecular complexity index is 924. The van der Waals surface area contributed by atoms with E-state index < -0.39 is 6.10 Å².